The van der Waals surface area contributed by atoms with Crippen molar-refractivity contribution < 1.29 is 0 Å². The van der Waals surface area contributed by atoms with Crippen LogP contribution >= 0.6 is 12.6 Å². The van der Waals surface area contributed by atoms with Crippen molar-refractivity contribution in [3.8, 4) is 0 Å². The third-order valence-corrected chi connectivity index (χ3v) is 0.528. The van der Waals surface area contributed by atoms with Gasteiger partial charge in [-0.05, 0) is 20.6 Å². The van der Waals surface area contributed by atoms with Gasteiger partial charge in [-0.25, -0.2) is 0 Å². The minimum Gasteiger partial charge on any atom is -0.284 e. The zero-order chi connectivity index (χ0) is 5.21. The van der Waals surface area contributed by atoms with Gasteiger partial charge in [0.25, 0.3) is 0 Å². The Morgan fingerprint density at radius 1 is 1.67 bits per heavy atom. The maximum absolute atomic E-state index is 4.03. The van der Waals surface area contributed by atoms with E-state index < -0.39 is 0 Å². The molecule has 0 rings (SSSR count). The number of hydrogen-bond acceptors (Lipinski definition) is 2. The molecule has 0 aliphatic rings. The molecule has 0 aromatic heterocycles. The van der Waals surface area contributed by atoms with Crippen molar-refractivity contribution in [2.75, 3.05) is 0 Å². The zero-order valence-electron chi connectivity index (χ0n) is 4.10. The van der Waals surface area contributed by atoms with Gasteiger partial charge in [0.15, 0.2) is 0 Å². The van der Waals surface area contributed by atoms with Crippen LogP contribution in [0.3, 0.4) is 0 Å². The molecule has 0 amide bonds. The lowest BCUT2D eigenvalue weighted by Crippen LogP contribution is -2.02. The van der Waals surface area contributed by atoms with E-state index in [-0.39, 0.29) is 4.87 Å². The van der Waals surface area contributed by atoms with Gasteiger partial charge in [-0.1, -0.05) is 0 Å². The average Bonchev–Trinajstić information content (AvgIpc) is 1.35. The van der Waals surface area contributed by atoms with Crippen LogP contribution in [0.5, 0.6) is 0 Å². The Hall–Kier alpha value is 0.0200. The zero-order valence-corrected chi connectivity index (χ0v) is 5.00. The number of thiol groups is 1. The van der Waals surface area contributed by atoms with Gasteiger partial charge in [-0.2, -0.15) is 0 Å². The Morgan fingerprint density at radius 3 is 1.83 bits per heavy atom. The van der Waals surface area contributed by atoms with E-state index in [9.17, 15) is 0 Å². The summed E-state index contributed by atoms with van der Waals surface area (Å²) >= 11 is 4.03. The third-order valence-electron chi connectivity index (χ3n) is 0.387. The Kier molecular flexibility index (Phi) is 1.65. The van der Waals surface area contributed by atoms with E-state index in [2.05, 4.69) is 24.3 Å². The first kappa shape index (κ1) is 6.02. The molecule has 0 spiro atoms. The molecule has 0 aliphatic heterocycles. The van der Waals surface area contributed by atoms with Crippen LogP contribution in [0.4, 0.5) is 0 Å². The summed E-state index contributed by atoms with van der Waals surface area (Å²) in [5.41, 5.74) is 0. The van der Waals surface area contributed by atoms with Crippen LogP contribution in [0.2, 0.25) is 0 Å². The molecule has 36 valence electrons. The van der Waals surface area contributed by atoms with Gasteiger partial charge < -0.3 is 0 Å². The van der Waals surface area contributed by atoms with Gasteiger partial charge >= 0.3 is 0 Å². The molecule has 0 aliphatic carbocycles. The molecule has 1 nitrogen and oxygen atoms in total. The largest absolute Gasteiger partial charge is 0.284 e. The molecule has 0 heterocycles. The van der Waals surface area contributed by atoms with Crippen molar-refractivity contribution >= 4 is 19.3 Å². The van der Waals surface area contributed by atoms with Crippen LogP contribution in [0, 0.1) is 0 Å². The molecule has 0 saturated heterocycles. The van der Waals surface area contributed by atoms with Crippen molar-refractivity contribution in [1.82, 2.24) is 0 Å². The van der Waals surface area contributed by atoms with E-state index in [0.717, 1.165) is 0 Å². The number of hydrogen-bond donors (Lipinski definition) is 1. The lowest BCUT2D eigenvalue weighted by atomic mass is 10.4. The van der Waals surface area contributed by atoms with Crippen LogP contribution in [-0.2, 0) is 0 Å². The summed E-state index contributed by atoms with van der Waals surface area (Å²) in [5, 5.41) is 0. The minimum atomic E-state index is -0.250. The van der Waals surface area contributed by atoms with Crippen LogP contribution in [0.1, 0.15) is 13.8 Å². The number of aliphatic imine (C=N–C) groups is 1. The molecule has 6 heavy (non-hydrogen) atoms. The Bertz CT molecular complexity index is 53.1. The lowest BCUT2D eigenvalue weighted by Gasteiger charge is -2.06. The summed E-state index contributed by atoms with van der Waals surface area (Å²) in [6, 6.07) is 0. The fraction of sp³-hybridized carbons (Fsp3) is 0.750. The molecule has 0 saturated carbocycles. The van der Waals surface area contributed by atoms with Crippen molar-refractivity contribution in [1.29, 1.82) is 0 Å². The SMILES string of the molecule is C=NC(C)(C)S. The Balaban J connectivity index is 3.45. The van der Waals surface area contributed by atoms with Crippen LogP contribution in [-0.4, -0.2) is 11.6 Å². The standard InChI is InChI=1S/C4H9NS/c1-4(2,6)5-3/h6H,3H2,1-2H3. The average molecular weight is 103 g/mol. The summed E-state index contributed by atoms with van der Waals surface area (Å²) in [5.74, 6) is 0. The van der Waals surface area contributed by atoms with Gasteiger partial charge in [-0.15, -0.1) is 12.6 Å². The van der Waals surface area contributed by atoms with Crippen molar-refractivity contribution in [2.45, 2.75) is 18.7 Å². The van der Waals surface area contributed by atoms with Crippen LogP contribution in [0.25, 0.3) is 0 Å². The van der Waals surface area contributed by atoms with E-state index in [1.807, 2.05) is 13.8 Å². The second-order valence-corrected chi connectivity index (χ2v) is 2.75. The Labute approximate surface area is 43.9 Å². The van der Waals surface area contributed by atoms with E-state index >= 15 is 0 Å². The highest BCUT2D eigenvalue weighted by atomic mass is 32.1. The van der Waals surface area contributed by atoms with E-state index in [4.69, 9.17) is 0 Å². The number of nitrogens with zero attached hydrogens (tertiary/aromatic N) is 1. The second kappa shape index (κ2) is 1.65. The van der Waals surface area contributed by atoms with Crippen LogP contribution in [0.15, 0.2) is 4.99 Å². The van der Waals surface area contributed by atoms with Gasteiger partial charge in [0.05, 0.1) is 4.87 Å². The predicted octanol–water partition coefficient (Wildman–Crippen LogP) is 1.35. The van der Waals surface area contributed by atoms with Crippen molar-refractivity contribution in [3.05, 3.63) is 0 Å². The van der Waals surface area contributed by atoms with E-state index in [1.165, 1.54) is 0 Å². The predicted molar refractivity (Wildman–Crippen MR) is 32.6 cm³/mol. The molecule has 0 aromatic rings. The molecule has 0 N–H and O–H groups in total. The molecular formula is C4H9NS. The Morgan fingerprint density at radius 2 is 1.83 bits per heavy atom. The maximum atomic E-state index is 4.03. The molecule has 0 fully saturated rings. The third kappa shape index (κ3) is 4.02. The fourth-order valence-electron chi connectivity index (χ4n) is 0. The first-order valence-electron chi connectivity index (χ1n) is 1.76. The summed E-state index contributed by atoms with van der Waals surface area (Å²) in [7, 11) is 0. The highest BCUT2D eigenvalue weighted by molar-refractivity contribution is 7.81. The maximum Gasteiger partial charge on any atom is 0.0966 e. The fourth-order valence-corrected chi connectivity index (χ4v) is 0. The monoisotopic (exact) mass is 103 g/mol. The van der Waals surface area contributed by atoms with Crippen molar-refractivity contribution in [3.63, 3.8) is 0 Å². The minimum absolute atomic E-state index is 0.250. The molecule has 0 unspecified atom stereocenters. The summed E-state index contributed by atoms with van der Waals surface area (Å²) < 4.78 is 0. The van der Waals surface area contributed by atoms with Gasteiger partial charge in [-0.3, -0.25) is 4.99 Å². The molecule has 0 atom stereocenters. The van der Waals surface area contributed by atoms with Crippen molar-refractivity contribution in [2.24, 2.45) is 4.99 Å². The molecule has 2 heteroatoms. The molecular weight excluding hydrogens is 94.1 g/mol. The van der Waals surface area contributed by atoms with E-state index in [0.29, 0.717) is 0 Å². The van der Waals surface area contributed by atoms with Gasteiger partial charge in [0.1, 0.15) is 0 Å². The highest BCUT2D eigenvalue weighted by Crippen LogP contribution is 2.10. The van der Waals surface area contributed by atoms with E-state index in [1.54, 1.807) is 0 Å². The quantitative estimate of drug-likeness (QED) is 0.380. The number of rotatable bonds is 1. The van der Waals surface area contributed by atoms with Gasteiger partial charge in [0.2, 0.25) is 0 Å². The van der Waals surface area contributed by atoms with Crippen LogP contribution < -0.4 is 0 Å². The van der Waals surface area contributed by atoms with Gasteiger partial charge in [0, 0.05) is 0 Å². The second-order valence-electron chi connectivity index (χ2n) is 1.65. The molecule has 0 aromatic carbocycles. The first-order chi connectivity index (χ1) is 2.56. The summed E-state index contributed by atoms with van der Waals surface area (Å²) in [6.07, 6.45) is 0. The summed E-state index contributed by atoms with van der Waals surface area (Å²) in [6.45, 7) is 7.06. The summed E-state index contributed by atoms with van der Waals surface area (Å²) in [4.78, 5) is 3.39. The lowest BCUT2D eigenvalue weighted by molar-refractivity contribution is 0.776. The first-order valence-corrected chi connectivity index (χ1v) is 2.21. The normalized spacial score (nSPS) is 11.2. The molecule has 0 bridgehead atoms. The topological polar surface area (TPSA) is 12.4 Å². The highest BCUT2D eigenvalue weighted by Gasteiger charge is 2.02. The smallest absolute Gasteiger partial charge is 0.0966 e. The molecule has 0 radical (unpaired) electrons.